The fraction of sp³-hybridized carbons (Fsp3) is 0.143. The number of carbonyl (C=O) groups excluding carboxylic acids is 1. The van der Waals surface area contributed by atoms with E-state index < -0.39 is 0 Å². The van der Waals surface area contributed by atoms with E-state index in [1.54, 1.807) is 30.6 Å². The molecule has 4 aromatic rings. The summed E-state index contributed by atoms with van der Waals surface area (Å²) in [6.07, 6.45) is 4.10. The van der Waals surface area contributed by atoms with Crippen LogP contribution < -0.4 is 15.4 Å². The number of amides is 2. The average molecular weight is 392 g/mol. The van der Waals surface area contributed by atoms with Crippen molar-refractivity contribution in [2.24, 2.45) is 0 Å². The molecule has 142 valence electrons. The number of benzene rings is 2. The molecular weight excluding hydrogens is 372 g/mol. The van der Waals surface area contributed by atoms with Crippen LogP contribution in [0.5, 0.6) is 5.75 Å². The van der Waals surface area contributed by atoms with Crippen LogP contribution in [0.25, 0.3) is 16.2 Å². The van der Waals surface area contributed by atoms with Gasteiger partial charge in [0.25, 0.3) is 0 Å². The van der Waals surface area contributed by atoms with Gasteiger partial charge in [-0.25, -0.2) is 9.78 Å². The fourth-order valence-corrected chi connectivity index (χ4v) is 3.80. The number of nitrogens with zero attached hydrogens (tertiary/aromatic N) is 2. The predicted molar refractivity (Wildman–Crippen MR) is 112 cm³/mol. The maximum atomic E-state index is 12.2. The van der Waals surface area contributed by atoms with E-state index in [9.17, 15) is 4.79 Å². The second kappa shape index (κ2) is 7.74. The first-order valence-corrected chi connectivity index (χ1v) is 9.66. The Labute approximate surface area is 166 Å². The number of aryl methyl sites for hydroxylation is 1. The smallest absolute Gasteiger partial charge is 0.319 e. The average Bonchev–Trinajstić information content (AvgIpc) is 3.24. The van der Waals surface area contributed by atoms with Crippen LogP contribution in [-0.4, -0.2) is 22.5 Å². The molecule has 0 bridgehead atoms. The number of hydrogen-bond acceptors (Lipinski definition) is 4. The Morgan fingerprint density at radius 1 is 1.18 bits per heavy atom. The first-order chi connectivity index (χ1) is 13.6. The molecule has 0 saturated carbocycles. The Morgan fingerprint density at radius 3 is 2.86 bits per heavy atom. The lowest BCUT2D eigenvalue weighted by Crippen LogP contribution is -2.28. The lowest BCUT2D eigenvalue weighted by Gasteiger charge is -2.11. The van der Waals surface area contributed by atoms with Gasteiger partial charge in [0, 0.05) is 29.4 Å². The van der Waals surface area contributed by atoms with Crippen LogP contribution in [0.1, 0.15) is 10.4 Å². The largest absolute Gasteiger partial charge is 0.495 e. The fourth-order valence-electron chi connectivity index (χ4n) is 2.99. The molecule has 0 fully saturated rings. The van der Waals surface area contributed by atoms with E-state index in [2.05, 4.69) is 28.7 Å². The van der Waals surface area contributed by atoms with Gasteiger partial charge in [0.15, 0.2) is 4.96 Å². The molecule has 2 heterocycles. The van der Waals surface area contributed by atoms with E-state index in [1.807, 2.05) is 47.0 Å². The minimum atomic E-state index is -0.284. The first kappa shape index (κ1) is 18.1. The van der Waals surface area contributed by atoms with Gasteiger partial charge in [-0.1, -0.05) is 30.3 Å². The van der Waals surface area contributed by atoms with Crippen LogP contribution in [0.4, 0.5) is 10.5 Å². The third kappa shape index (κ3) is 3.84. The number of anilines is 1. The van der Waals surface area contributed by atoms with Crippen molar-refractivity contribution >= 4 is 28.0 Å². The number of fused-ring (bicyclic) bond motifs is 1. The molecule has 0 atom stereocenters. The summed E-state index contributed by atoms with van der Waals surface area (Å²) in [7, 11) is 1.57. The number of methoxy groups -OCH3 is 1. The maximum Gasteiger partial charge on any atom is 0.319 e. The van der Waals surface area contributed by atoms with E-state index in [-0.39, 0.29) is 6.03 Å². The molecule has 2 N–H and O–H groups in total. The second-order valence-corrected chi connectivity index (χ2v) is 7.58. The molecule has 0 aliphatic carbocycles. The molecule has 6 nitrogen and oxygen atoms in total. The number of imidazole rings is 1. The van der Waals surface area contributed by atoms with Gasteiger partial charge in [0.05, 0.1) is 18.5 Å². The summed E-state index contributed by atoms with van der Waals surface area (Å²) in [5, 5.41) is 5.69. The molecule has 0 unspecified atom stereocenters. The van der Waals surface area contributed by atoms with Crippen molar-refractivity contribution < 1.29 is 9.53 Å². The topological polar surface area (TPSA) is 67.7 Å². The Balaban J connectivity index is 1.43. The molecule has 2 amide bonds. The van der Waals surface area contributed by atoms with Gasteiger partial charge in [-0.15, -0.1) is 11.3 Å². The third-order valence-electron chi connectivity index (χ3n) is 4.30. The third-order valence-corrected chi connectivity index (χ3v) is 5.21. The number of hydrogen-bond donors (Lipinski definition) is 2. The maximum absolute atomic E-state index is 12.2. The molecule has 0 aliphatic rings. The lowest BCUT2D eigenvalue weighted by atomic mass is 10.1. The summed E-state index contributed by atoms with van der Waals surface area (Å²) in [5.41, 5.74) is 3.58. The molecule has 0 radical (unpaired) electrons. The van der Waals surface area contributed by atoms with E-state index >= 15 is 0 Å². The molecule has 2 aromatic heterocycles. The molecule has 28 heavy (non-hydrogen) atoms. The molecule has 0 aliphatic heterocycles. The van der Waals surface area contributed by atoms with Gasteiger partial charge in [-0.2, -0.15) is 0 Å². The molecule has 0 spiro atoms. The van der Waals surface area contributed by atoms with E-state index in [1.165, 1.54) is 4.88 Å². The van der Waals surface area contributed by atoms with Gasteiger partial charge in [-0.3, -0.25) is 4.40 Å². The van der Waals surface area contributed by atoms with Crippen molar-refractivity contribution in [3.63, 3.8) is 0 Å². The summed E-state index contributed by atoms with van der Waals surface area (Å²) < 4.78 is 7.29. The molecule has 2 aromatic carbocycles. The normalized spacial score (nSPS) is 10.8. The highest BCUT2D eigenvalue weighted by Gasteiger charge is 2.09. The molecule has 4 rings (SSSR count). The number of thiazole rings is 1. The van der Waals surface area contributed by atoms with Crippen molar-refractivity contribution in [2.45, 2.75) is 13.5 Å². The van der Waals surface area contributed by atoms with Crippen molar-refractivity contribution in [3.05, 3.63) is 71.4 Å². The number of para-hydroxylation sites is 2. The summed E-state index contributed by atoms with van der Waals surface area (Å²) >= 11 is 1.67. The summed E-state index contributed by atoms with van der Waals surface area (Å²) in [6, 6.07) is 15.0. The van der Waals surface area contributed by atoms with Crippen LogP contribution in [0.3, 0.4) is 0 Å². The van der Waals surface area contributed by atoms with Crippen LogP contribution in [0.15, 0.2) is 60.9 Å². The number of aromatic nitrogens is 2. The quantitative estimate of drug-likeness (QED) is 0.517. The molecular formula is C21H20N4O2S. The highest BCUT2D eigenvalue weighted by molar-refractivity contribution is 7.17. The Hall–Kier alpha value is -3.32. The monoisotopic (exact) mass is 392 g/mol. The van der Waals surface area contributed by atoms with Gasteiger partial charge in [0.1, 0.15) is 5.75 Å². The van der Waals surface area contributed by atoms with Gasteiger partial charge < -0.3 is 15.4 Å². The minimum Gasteiger partial charge on any atom is -0.495 e. The first-order valence-electron chi connectivity index (χ1n) is 8.85. The van der Waals surface area contributed by atoms with Crippen molar-refractivity contribution in [1.29, 1.82) is 0 Å². The zero-order valence-corrected chi connectivity index (χ0v) is 16.4. The SMILES string of the molecule is COc1ccccc1NC(=O)NCc1cccc(-c2cn3cc(C)sc3n2)c1. The van der Waals surface area contributed by atoms with Crippen LogP contribution in [-0.2, 0) is 6.54 Å². The number of nitrogens with one attached hydrogen (secondary N) is 2. The predicted octanol–water partition coefficient (Wildman–Crippen LogP) is 4.70. The number of ether oxygens (including phenoxy) is 1. The summed E-state index contributed by atoms with van der Waals surface area (Å²) in [4.78, 5) is 19.1. The highest BCUT2D eigenvalue weighted by Crippen LogP contribution is 2.25. The summed E-state index contributed by atoms with van der Waals surface area (Å²) in [6.45, 7) is 2.48. The van der Waals surface area contributed by atoms with Gasteiger partial charge in [0.2, 0.25) is 0 Å². The van der Waals surface area contributed by atoms with E-state index in [4.69, 9.17) is 4.74 Å². The van der Waals surface area contributed by atoms with Crippen LogP contribution in [0.2, 0.25) is 0 Å². The van der Waals surface area contributed by atoms with Gasteiger partial charge >= 0.3 is 6.03 Å². The van der Waals surface area contributed by atoms with E-state index in [0.717, 1.165) is 21.8 Å². The highest BCUT2D eigenvalue weighted by atomic mass is 32.1. The van der Waals surface area contributed by atoms with Crippen LogP contribution in [0, 0.1) is 6.92 Å². The van der Waals surface area contributed by atoms with E-state index in [0.29, 0.717) is 18.0 Å². The zero-order valence-electron chi connectivity index (χ0n) is 15.6. The second-order valence-electron chi connectivity index (χ2n) is 6.37. The standard InChI is InChI=1S/C21H20N4O2S/c1-14-12-25-13-18(24-21(25)28-14)16-7-5-6-15(10-16)11-22-20(26)23-17-8-3-4-9-19(17)27-2/h3-10,12-13H,11H2,1-2H3,(H2,22,23,26). The molecule has 7 heteroatoms. The van der Waals surface area contributed by atoms with Gasteiger partial charge in [-0.05, 0) is 30.7 Å². The number of rotatable bonds is 5. The molecule has 0 saturated heterocycles. The Kier molecular flexibility index (Phi) is 4.99. The number of carbonyl (C=O) groups is 1. The minimum absolute atomic E-state index is 0.284. The number of urea groups is 1. The van der Waals surface area contributed by atoms with Crippen molar-refractivity contribution in [1.82, 2.24) is 14.7 Å². The Bertz CT molecular complexity index is 1100. The van der Waals surface area contributed by atoms with Crippen LogP contribution >= 0.6 is 11.3 Å². The van der Waals surface area contributed by atoms with Crippen molar-refractivity contribution in [3.8, 4) is 17.0 Å². The summed E-state index contributed by atoms with van der Waals surface area (Å²) in [5.74, 6) is 0.620. The van der Waals surface area contributed by atoms with Crippen molar-refractivity contribution in [2.75, 3.05) is 12.4 Å². The Morgan fingerprint density at radius 2 is 2.04 bits per heavy atom. The lowest BCUT2D eigenvalue weighted by molar-refractivity contribution is 0.251. The zero-order chi connectivity index (χ0) is 19.5.